The first-order chi connectivity index (χ1) is 14.5. The fourth-order valence-electron chi connectivity index (χ4n) is 3.23. The summed E-state index contributed by atoms with van der Waals surface area (Å²) in [7, 11) is 0. The lowest BCUT2D eigenvalue weighted by molar-refractivity contribution is -0.139. The van der Waals surface area contributed by atoms with Gasteiger partial charge in [-0.05, 0) is 35.4 Å². The summed E-state index contributed by atoms with van der Waals surface area (Å²) >= 11 is 10.9. The highest BCUT2D eigenvalue weighted by Gasteiger charge is 2.19. The highest BCUT2D eigenvalue weighted by atomic mass is 35.5. The van der Waals surface area contributed by atoms with Crippen molar-refractivity contribution in [3.8, 4) is 0 Å². The molecule has 1 aromatic heterocycles. The first-order valence-corrected chi connectivity index (χ1v) is 10.4. The number of benzene rings is 2. The number of nitrogens with zero attached hydrogens (tertiary/aromatic N) is 2. The van der Waals surface area contributed by atoms with Gasteiger partial charge >= 0.3 is 5.97 Å². The number of imidazole rings is 1. The van der Waals surface area contributed by atoms with Crippen molar-refractivity contribution in [1.82, 2.24) is 14.9 Å². The molecule has 2 aromatic carbocycles. The number of hydrogen-bond donors (Lipinski definition) is 3. The molecule has 0 aliphatic carbocycles. The molecule has 0 saturated heterocycles. The van der Waals surface area contributed by atoms with Gasteiger partial charge in [-0.15, -0.1) is 12.6 Å². The number of aliphatic carboxylic acids is 1. The molecule has 1 unspecified atom stereocenters. The van der Waals surface area contributed by atoms with Gasteiger partial charge in [-0.2, -0.15) is 0 Å². The molecule has 0 radical (unpaired) electrons. The Labute approximate surface area is 186 Å². The molecule has 2 N–H and O–H groups in total. The Morgan fingerprint density at radius 1 is 1.20 bits per heavy atom. The standard InChI is InChI=1S/C23H24ClN3O2S/c1-16(30)22(12-18-9-5-6-10-20(18)24)27-15-25-13-19(27)14-26-21(23(28)29)11-17-7-3-2-4-8-17/h2-10,13,15,21,26,30H,11-12,14H2,1H3,(H,28,29)/b22-16+. The van der Waals surface area contributed by atoms with Gasteiger partial charge in [-0.1, -0.05) is 60.1 Å². The van der Waals surface area contributed by atoms with Crippen LogP contribution in [0.1, 0.15) is 23.7 Å². The number of aromatic nitrogens is 2. The summed E-state index contributed by atoms with van der Waals surface area (Å²) in [6.07, 6.45) is 4.44. The summed E-state index contributed by atoms with van der Waals surface area (Å²) in [6, 6.07) is 16.6. The molecule has 1 heterocycles. The SMILES string of the molecule is C/C(S)=C(/Cc1ccccc1Cl)n1cncc1CNC(Cc1ccccc1)C(=O)O. The van der Waals surface area contributed by atoms with Crippen molar-refractivity contribution in [1.29, 1.82) is 0 Å². The molecule has 1 atom stereocenters. The number of hydrogen-bond acceptors (Lipinski definition) is 4. The zero-order valence-corrected chi connectivity index (χ0v) is 18.3. The van der Waals surface area contributed by atoms with Gasteiger partial charge in [0.1, 0.15) is 6.04 Å². The first kappa shape index (κ1) is 22.2. The van der Waals surface area contributed by atoms with E-state index in [1.54, 1.807) is 12.5 Å². The van der Waals surface area contributed by atoms with Crippen LogP contribution in [0.25, 0.3) is 5.70 Å². The number of allylic oxidation sites excluding steroid dienone is 2. The van der Waals surface area contributed by atoms with Crippen molar-refractivity contribution in [2.24, 2.45) is 0 Å². The zero-order chi connectivity index (χ0) is 21.5. The highest BCUT2D eigenvalue weighted by Crippen LogP contribution is 2.25. The molecule has 0 spiro atoms. The molecule has 7 heteroatoms. The maximum atomic E-state index is 11.7. The first-order valence-electron chi connectivity index (χ1n) is 9.59. The molecular formula is C23H24ClN3O2S. The minimum absolute atomic E-state index is 0.358. The topological polar surface area (TPSA) is 67.2 Å². The highest BCUT2D eigenvalue weighted by molar-refractivity contribution is 7.84. The van der Waals surface area contributed by atoms with Crippen LogP contribution in [0.3, 0.4) is 0 Å². The van der Waals surface area contributed by atoms with Crippen molar-refractivity contribution in [3.05, 3.63) is 93.9 Å². The maximum absolute atomic E-state index is 11.7. The molecule has 3 aromatic rings. The smallest absolute Gasteiger partial charge is 0.321 e. The van der Waals surface area contributed by atoms with Gasteiger partial charge in [0.15, 0.2) is 0 Å². The predicted molar refractivity (Wildman–Crippen MR) is 124 cm³/mol. The molecule has 0 aliphatic rings. The van der Waals surface area contributed by atoms with Gasteiger partial charge in [-0.3, -0.25) is 10.1 Å². The van der Waals surface area contributed by atoms with Crippen LogP contribution in [-0.4, -0.2) is 26.7 Å². The summed E-state index contributed by atoms with van der Waals surface area (Å²) in [5.74, 6) is -0.887. The van der Waals surface area contributed by atoms with Crippen LogP contribution in [0, 0.1) is 0 Å². The van der Waals surface area contributed by atoms with Gasteiger partial charge in [0.2, 0.25) is 0 Å². The van der Waals surface area contributed by atoms with Gasteiger partial charge < -0.3 is 9.67 Å². The third kappa shape index (κ3) is 5.75. The Hall–Kier alpha value is -2.54. The van der Waals surface area contributed by atoms with E-state index in [1.807, 2.05) is 66.1 Å². The van der Waals surface area contributed by atoms with Gasteiger partial charge in [0, 0.05) is 29.9 Å². The van der Waals surface area contributed by atoms with E-state index in [2.05, 4.69) is 22.9 Å². The minimum atomic E-state index is -0.887. The van der Waals surface area contributed by atoms with Gasteiger partial charge in [-0.25, -0.2) is 4.98 Å². The molecule has 0 saturated carbocycles. The lowest BCUT2D eigenvalue weighted by Gasteiger charge is -2.18. The van der Waals surface area contributed by atoms with Gasteiger partial charge in [0.05, 0.1) is 12.0 Å². The van der Waals surface area contributed by atoms with Crippen LogP contribution in [0.4, 0.5) is 0 Å². The molecule has 0 aliphatic heterocycles. The Kier molecular flexibility index (Phi) is 7.74. The third-order valence-electron chi connectivity index (χ3n) is 4.85. The maximum Gasteiger partial charge on any atom is 0.321 e. The molecule has 3 rings (SSSR count). The quantitative estimate of drug-likeness (QED) is 0.422. The van der Waals surface area contributed by atoms with Crippen LogP contribution in [-0.2, 0) is 24.2 Å². The van der Waals surface area contributed by atoms with Crippen molar-refractivity contribution < 1.29 is 9.90 Å². The normalized spacial score (nSPS) is 13.0. The van der Waals surface area contributed by atoms with Crippen molar-refractivity contribution in [2.75, 3.05) is 0 Å². The largest absolute Gasteiger partial charge is 0.480 e. The molecule has 156 valence electrons. The summed E-state index contributed by atoms with van der Waals surface area (Å²) < 4.78 is 1.94. The summed E-state index contributed by atoms with van der Waals surface area (Å²) in [5, 5.41) is 13.5. The van der Waals surface area contributed by atoms with Crippen LogP contribution in [0.15, 0.2) is 72.0 Å². The zero-order valence-electron chi connectivity index (χ0n) is 16.6. The fourth-order valence-corrected chi connectivity index (χ4v) is 3.62. The second-order valence-electron chi connectivity index (χ2n) is 7.02. The number of halogens is 1. The van der Waals surface area contributed by atoms with E-state index in [0.717, 1.165) is 27.4 Å². The Morgan fingerprint density at radius 2 is 1.90 bits per heavy atom. The molecule has 0 amide bonds. The predicted octanol–water partition coefficient (Wildman–Crippen LogP) is 4.68. The average molecular weight is 442 g/mol. The number of thiol groups is 1. The molecule has 0 fully saturated rings. The van der Waals surface area contributed by atoms with Crippen molar-refractivity contribution in [3.63, 3.8) is 0 Å². The summed E-state index contributed by atoms with van der Waals surface area (Å²) in [6.45, 7) is 2.28. The Morgan fingerprint density at radius 3 is 2.57 bits per heavy atom. The molecular weight excluding hydrogens is 418 g/mol. The number of carbonyl (C=O) groups is 1. The van der Waals surface area contributed by atoms with E-state index < -0.39 is 12.0 Å². The second kappa shape index (κ2) is 10.5. The monoisotopic (exact) mass is 441 g/mol. The van der Waals surface area contributed by atoms with Crippen LogP contribution in [0.2, 0.25) is 5.02 Å². The summed E-state index contributed by atoms with van der Waals surface area (Å²) in [5.41, 5.74) is 3.75. The number of carboxylic acid groups (broad SMARTS) is 1. The van der Waals surface area contributed by atoms with E-state index >= 15 is 0 Å². The lowest BCUT2D eigenvalue weighted by Crippen LogP contribution is -2.38. The fraction of sp³-hybridized carbons (Fsp3) is 0.217. The van der Waals surface area contributed by atoms with Crippen molar-refractivity contribution in [2.45, 2.75) is 32.4 Å². The lowest BCUT2D eigenvalue weighted by atomic mass is 10.1. The Balaban J connectivity index is 1.77. The van der Waals surface area contributed by atoms with Crippen LogP contribution < -0.4 is 5.32 Å². The van der Waals surface area contributed by atoms with E-state index in [9.17, 15) is 9.90 Å². The number of rotatable bonds is 9. The minimum Gasteiger partial charge on any atom is -0.480 e. The molecule has 0 bridgehead atoms. The molecule has 30 heavy (non-hydrogen) atoms. The van der Waals surface area contributed by atoms with E-state index in [1.165, 1.54) is 0 Å². The van der Waals surface area contributed by atoms with Gasteiger partial charge in [0.25, 0.3) is 0 Å². The average Bonchev–Trinajstić information content (AvgIpc) is 3.19. The summed E-state index contributed by atoms with van der Waals surface area (Å²) in [4.78, 5) is 16.9. The van der Waals surface area contributed by atoms with E-state index in [-0.39, 0.29) is 0 Å². The number of carboxylic acids is 1. The Bertz CT molecular complexity index is 1030. The van der Waals surface area contributed by atoms with E-state index in [4.69, 9.17) is 11.6 Å². The second-order valence-corrected chi connectivity index (χ2v) is 8.09. The van der Waals surface area contributed by atoms with Crippen LogP contribution >= 0.6 is 24.2 Å². The van der Waals surface area contributed by atoms with E-state index in [0.29, 0.717) is 24.4 Å². The molecule has 5 nitrogen and oxygen atoms in total. The van der Waals surface area contributed by atoms with Crippen LogP contribution in [0.5, 0.6) is 0 Å². The number of nitrogens with one attached hydrogen (secondary N) is 1. The third-order valence-corrected chi connectivity index (χ3v) is 5.48. The van der Waals surface area contributed by atoms with Crippen molar-refractivity contribution >= 4 is 35.9 Å².